The number of Topliss-reactive ketones (excluding diaryl/α,β-unsaturated/α-hetero) is 1. The molecular weight excluding hydrogens is 222 g/mol. The van der Waals surface area contributed by atoms with Crippen LogP contribution in [0.4, 0.5) is 8.78 Å². The molecule has 0 bridgehead atoms. The highest BCUT2D eigenvalue weighted by Crippen LogP contribution is 2.24. The first-order valence-corrected chi connectivity index (χ1v) is 5.79. The van der Waals surface area contributed by atoms with Crippen LogP contribution in [0.3, 0.4) is 0 Å². The first-order chi connectivity index (χ1) is 8.11. The number of halogens is 2. The maximum absolute atomic E-state index is 13.6. The van der Waals surface area contributed by atoms with Crippen LogP contribution in [0.25, 0.3) is 0 Å². The molecule has 0 aromatic heterocycles. The lowest BCUT2D eigenvalue weighted by molar-refractivity contribution is 0.102. The van der Waals surface area contributed by atoms with Crippen molar-refractivity contribution in [3.8, 4) is 0 Å². The Hall–Kier alpha value is -1.51. The van der Waals surface area contributed by atoms with Gasteiger partial charge in [-0.05, 0) is 49.8 Å². The van der Waals surface area contributed by atoms with Crippen LogP contribution >= 0.6 is 0 Å². The number of carbonyl (C=O) groups excluding carboxylic acids is 1. The Kier molecular flexibility index (Phi) is 3.36. The quantitative estimate of drug-likeness (QED) is 0.710. The zero-order valence-corrected chi connectivity index (χ0v) is 9.72. The van der Waals surface area contributed by atoms with Gasteiger partial charge in [-0.1, -0.05) is 12.1 Å². The lowest BCUT2D eigenvalue weighted by Crippen LogP contribution is -2.10. The lowest BCUT2D eigenvalue weighted by Gasteiger charge is -2.12. The molecule has 0 aliphatic heterocycles. The fraction of sp³-hybridized carbons (Fsp3) is 0.357. The van der Waals surface area contributed by atoms with Crippen LogP contribution in [0, 0.1) is 18.6 Å². The van der Waals surface area contributed by atoms with Crippen LogP contribution in [-0.2, 0) is 0 Å². The fourth-order valence-electron chi connectivity index (χ4n) is 2.04. The van der Waals surface area contributed by atoms with Crippen molar-refractivity contribution in [1.29, 1.82) is 0 Å². The summed E-state index contributed by atoms with van der Waals surface area (Å²) in [6, 6.07) is 2.81. The first-order valence-electron chi connectivity index (χ1n) is 5.79. The molecule has 0 heterocycles. The van der Waals surface area contributed by atoms with Gasteiger partial charge in [-0.15, -0.1) is 0 Å². The molecule has 1 aliphatic carbocycles. The molecule has 0 unspecified atom stereocenters. The smallest absolute Gasteiger partial charge is 0.191 e. The van der Waals surface area contributed by atoms with Crippen LogP contribution in [0.15, 0.2) is 23.8 Å². The molecule has 0 saturated carbocycles. The number of hydrogen-bond donors (Lipinski definition) is 0. The van der Waals surface area contributed by atoms with Crippen molar-refractivity contribution in [1.82, 2.24) is 0 Å². The summed E-state index contributed by atoms with van der Waals surface area (Å²) in [7, 11) is 0. The predicted molar refractivity (Wildman–Crippen MR) is 62.0 cm³/mol. The van der Waals surface area contributed by atoms with Gasteiger partial charge in [0, 0.05) is 0 Å². The summed E-state index contributed by atoms with van der Waals surface area (Å²) in [4.78, 5) is 12.0. The fourth-order valence-corrected chi connectivity index (χ4v) is 2.04. The Morgan fingerprint density at radius 1 is 1.18 bits per heavy atom. The minimum Gasteiger partial charge on any atom is -0.289 e. The molecule has 2 rings (SSSR count). The molecule has 0 saturated heterocycles. The Morgan fingerprint density at radius 2 is 1.94 bits per heavy atom. The molecular formula is C14H14F2O. The summed E-state index contributed by atoms with van der Waals surface area (Å²) >= 11 is 0. The van der Waals surface area contributed by atoms with E-state index in [1.54, 1.807) is 0 Å². The van der Waals surface area contributed by atoms with Crippen molar-refractivity contribution in [3.63, 3.8) is 0 Å². The summed E-state index contributed by atoms with van der Waals surface area (Å²) in [6.07, 6.45) is 5.34. The van der Waals surface area contributed by atoms with Gasteiger partial charge < -0.3 is 0 Å². The van der Waals surface area contributed by atoms with Crippen molar-refractivity contribution in [2.45, 2.75) is 32.6 Å². The van der Waals surface area contributed by atoms with E-state index in [4.69, 9.17) is 0 Å². The molecule has 0 spiro atoms. The van der Waals surface area contributed by atoms with Crippen LogP contribution in [0.5, 0.6) is 0 Å². The van der Waals surface area contributed by atoms with Gasteiger partial charge in [0.05, 0.1) is 5.56 Å². The van der Waals surface area contributed by atoms with E-state index in [-0.39, 0.29) is 16.9 Å². The third-order valence-corrected chi connectivity index (χ3v) is 3.10. The highest BCUT2D eigenvalue weighted by Gasteiger charge is 2.20. The van der Waals surface area contributed by atoms with Gasteiger partial charge >= 0.3 is 0 Å². The van der Waals surface area contributed by atoms with Crippen molar-refractivity contribution in [3.05, 3.63) is 46.5 Å². The standard InChI is InChI=1S/C14H14F2O/c1-9-7-8-11(13(16)12(9)15)14(17)10-5-3-2-4-6-10/h5,7-8H,2-4,6H2,1H3. The highest BCUT2D eigenvalue weighted by molar-refractivity contribution is 6.08. The zero-order chi connectivity index (χ0) is 12.4. The van der Waals surface area contributed by atoms with E-state index in [0.717, 1.165) is 19.3 Å². The van der Waals surface area contributed by atoms with Crippen molar-refractivity contribution in [2.24, 2.45) is 0 Å². The van der Waals surface area contributed by atoms with E-state index in [2.05, 4.69) is 0 Å². The van der Waals surface area contributed by atoms with Crippen LogP contribution in [-0.4, -0.2) is 5.78 Å². The van der Waals surface area contributed by atoms with Gasteiger partial charge in [-0.25, -0.2) is 8.78 Å². The van der Waals surface area contributed by atoms with E-state index in [1.807, 2.05) is 6.08 Å². The Morgan fingerprint density at radius 3 is 2.59 bits per heavy atom. The highest BCUT2D eigenvalue weighted by atomic mass is 19.2. The number of rotatable bonds is 2. The summed E-state index contributed by atoms with van der Waals surface area (Å²) in [6.45, 7) is 1.48. The topological polar surface area (TPSA) is 17.1 Å². The summed E-state index contributed by atoms with van der Waals surface area (Å²) in [5, 5.41) is 0. The SMILES string of the molecule is Cc1ccc(C(=O)C2=CCCCC2)c(F)c1F. The van der Waals surface area contributed by atoms with Crippen molar-refractivity contribution < 1.29 is 13.6 Å². The number of carbonyl (C=O) groups is 1. The molecule has 0 radical (unpaired) electrons. The molecule has 1 nitrogen and oxygen atoms in total. The Labute approximate surface area is 99.1 Å². The molecule has 3 heteroatoms. The van der Waals surface area contributed by atoms with E-state index in [0.29, 0.717) is 12.0 Å². The summed E-state index contributed by atoms with van der Waals surface area (Å²) in [5.41, 5.74) is 0.677. The average Bonchev–Trinajstić information content (AvgIpc) is 2.36. The largest absolute Gasteiger partial charge is 0.289 e. The molecule has 0 atom stereocenters. The second kappa shape index (κ2) is 4.78. The molecule has 0 N–H and O–H groups in total. The number of ketones is 1. The normalized spacial score (nSPS) is 15.6. The minimum atomic E-state index is -1.03. The van der Waals surface area contributed by atoms with Crippen LogP contribution < -0.4 is 0 Å². The lowest BCUT2D eigenvalue weighted by atomic mass is 9.92. The van der Waals surface area contributed by atoms with E-state index >= 15 is 0 Å². The number of allylic oxidation sites excluding steroid dienone is 2. The molecule has 90 valence electrons. The molecule has 0 fully saturated rings. The van der Waals surface area contributed by atoms with E-state index in [1.165, 1.54) is 19.1 Å². The van der Waals surface area contributed by atoms with Gasteiger partial charge in [-0.3, -0.25) is 4.79 Å². The molecule has 17 heavy (non-hydrogen) atoms. The maximum Gasteiger partial charge on any atom is 0.191 e. The Bertz CT molecular complexity index is 489. The number of aryl methyl sites for hydroxylation is 1. The number of hydrogen-bond acceptors (Lipinski definition) is 1. The van der Waals surface area contributed by atoms with E-state index < -0.39 is 11.6 Å². The molecule has 1 aromatic carbocycles. The van der Waals surface area contributed by atoms with Gasteiger partial charge in [0.15, 0.2) is 17.4 Å². The number of benzene rings is 1. The average molecular weight is 236 g/mol. The van der Waals surface area contributed by atoms with Crippen LogP contribution in [0.1, 0.15) is 41.6 Å². The van der Waals surface area contributed by atoms with Crippen LogP contribution in [0.2, 0.25) is 0 Å². The third kappa shape index (κ3) is 2.28. The second-order valence-corrected chi connectivity index (χ2v) is 4.36. The minimum absolute atomic E-state index is 0.152. The second-order valence-electron chi connectivity index (χ2n) is 4.36. The van der Waals surface area contributed by atoms with Gasteiger partial charge in [0.1, 0.15) is 0 Å². The zero-order valence-electron chi connectivity index (χ0n) is 9.72. The van der Waals surface area contributed by atoms with Gasteiger partial charge in [0.2, 0.25) is 0 Å². The first kappa shape index (κ1) is 12.0. The van der Waals surface area contributed by atoms with E-state index in [9.17, 15) is 13.6 Å². The maximum atomic E-state index is 13.6. The van der Waals surface area contributed by atoms with Gasteiger partial charge in [-0.2, -0.15) is 0 Å². The predicted octanol–water partition coefficient (Wildman–Crippen LogP) is 3.96. The van der Waals surface area contributed by atoms with Crippen molar-refractivity contribution >= 4 is 5.78 Å². The Balaban J connectivity index is 2.37. The summed E-state index contributed by atoms with van der Waals surface area (Å²) in [5.74, 6) is -2.32. The molecule has 1 aliphatic rings. The molecule has 0 amide bonds. The van der Waals surface area contributed by atoms with Crippen molar-refractivity contribution in [2.75, 3.05) is 0 Å². The third-order valence-electron chi connectivity index (χ3n) is 3.10. The monoisotopic (exact) mass is 236 g/mol. The van der Waals surface area contributed by atoms with Gasteiger partial charge in [0.25, 0.3) is 0 Å². The summed E-state index contributed by atoms with van der Waals surface area (Å²) < 4.78 is 27.0. The molecule has 1 aromatic rings.